The molecule has 14 rings (SSSR count). The van der Waals surface area contributed by atoms with Crippen LogP contribution in [0.1, 0.15) is 0 Å². The number of aromatic nitrogens is 1. The van der Waals surface area contributed by atoms with Crippen LogP contribution in [0.2, 0.25) is 0 Å². The molecule has 0 N–H and O–H groups in total. The van der Waals surface area contributed by atoms with Crippen molar-refractivity contribution in [2.24, 2.45) is 0 Å². The quantitative estimate of drug-likeness (QED) is 0.148. The van der Waals surface area contributed by atoms with E-state index in [-0.39, 0.29) is 6.71 Å². The van der Waals surface area contributed by atoms with Crippen LogP contribution in [-0.4, -0.2) is 11.3 Å². The Kier molecular flexibility index (Phi) is 9.31. The van der Waals surface area contributed by atoms with Crippen molar-refractivity contribution in [2.45, 2.75) is 0 Å². The minimum absolute atomic E-state index is 0.0742. The first kappa shape index (κ1) is 40.0. The van der Waals surface area contributed by atoms with Gasteiger partial charge in [0.1, 0.15) is 0 Å². The molecule has 1 aromatic heterocycles. The van der Waals surface area contributed by atoms with Gasteiger partial charge in [0.25, 0.3) is 6.71 Å². The second kappa shape index (κ2) is 16.3. The summed E-state index contributed by atoms with van der Waals surface area (Å²) in [6.45, 7) is -0.0742. The molecule has 0 bridgehead atoms. The summed E-state index contributed by atoms with van der Waals surface area (Å²) in [5.41, 5.74) is 23.9. The van der Waals surface area contributed by atoms with Gasteiger partial charge in [-0.15, -0.1) is 0 Å². The lowest BCUT2D eigenvalue weighted by Crippen LogP contribution is -2.61. The fraction of sp³-hybridized carbons (Fsp3) is 0. The van der Waals surface area contributed by atoms with Crippen LogP contribution in [-0.2, 0) is 0 Å². The van der Waals surface area contributed by atoms with Crippen LogP contribution in [0.3, 0.4) is 0 Å². The van der Waals surface area contributed by atoms with Crippen molar-refractivity contribution in [1.29, 1.82) is 0 Å². The summed E-state index contributed by atoms with van der Waals surface area (Å²) in [5, 5.41) is 2.45. The molecule has 0 spiro atoms. The number of para-hydroxylation sites is 1. The summed E-state index contributed by atoms with van der Waals surface area (Å²) in [5.74, 6) is 0. The van der Waals surface area contributed by atoms with E-state index in [2.05, 4.69) is 281 Å². The fourth-order valence-corrected chi connectivity index (χ4v) is 11.5. The third-order valence-corrected chi connectivity index (χ3v) is 14.5. The second-order valence-electron chi connectivity index (χ2n) is 18.5. The maximum absolute atomic E-state index is 2.58. The lowest BCUT2D eigenvalue weighted by Gasteiger charge is -2.44. The molecular formula is C66H44BN3. The molecule has 4 heteroatoms. The Labute approximate surface area is 408 Å². The van der Waals surface area contributed by atoms with Crippen LogP contribution in [0.5, 0.6) is 0 Å². The van der Waals surface area contributed by atoms with E-state index in [4.69, 9.17) is 0 Å². The molecule has 0 fully saturated rings. The molecular weight excluding hydrogens is 846 g/mol. The summed E-state index contributed by atoms with van der Waals surface area (Å²) in [4.78, 5) is 5.10. The highest BCUT2D eigenvalue weighted by Crippen LogP contribution is 2.49. The van der Waals surface area contributed by atoms with Crippen LogP contribution in [0.15, 0.2) is 267 Å². The Morgan fingerprint density at radius 2 is 0.729 bits per heavy atom. The molecule has 3 nitrogen and oxygen atoms in total. The SMILES string of the molecule is c1ccc(-c2cccc(N3c4ccc(-c5ccccc5)cc4B4c5ccc6c(c5N(c5cccc(-c7ccccc7)c5)c5cccc3c54)c3ccccc3n6-c3cccc(-c4ccccc4)c3)c2)cc1. The number of anilines is 6. The van der Waals surface area contributed by atoms with E-state index in [0.29, 0.717) is 0 Å². The first-order valence-electron chi connectivity index (χ1n) is 24.2. The van der Waals surface area contributed by atoms with Gasteiger partial charge in [-0.3, -0.25) is 0 Å². The van der Waals surface area contributed by atoms with Gasteiger partial charge in [0.15, 0.2) is 0 Å². The van der Waals surface area contributed by atoms with Gasteiger partial charge in [0.2, 0.25) is 0 Å². The average molecular weight is 890 g/mol. The third-order valence-electron chi connectivity index (χ3n) is 14.5. The molecule has 0 saturated heterocycles. The molecule has 0 unspecified atom stereocenters. The van der Waals surface area contributed by atoms with Gasteiger partial charge in [0, 0.05) is 44.9 Å². The lowest BCUT2D eigenvalue weighted by atomic mass is 9.33. The monoisotopic (exact) mass is 889 g/mol. The minimum atomic E-state index is -0.0742. The molecule has 2 aliphatic rings. The Hall–Kier alpha value is -9.12. The van der Waals surface area contributed by atoms with E-state index >= 15 is 0 Å². The molecule has 70 heavy (non-hydrogen) atoms. The van der Waals surface area contributed by atoms with Crippen molar-refractivity contribution in [3.63, 3.8) is 0 Å². The highest BCUT2D eigenvalue weighted by molar-refractivity contribution is 7.00. The number of hydrogen-bond donors (Lipinski definition) is 0. The zero-order valence-electron chi connectivity index (χ0n) is 38.3. The van der Waals surface area contributed by atoms with E-state index in [0.717, 1.165) is 17.1 Å². The van der Waals surface area contributed by atoms with Crippen LogP contribution >= 0.6 is 0 Å². The second-order valence-corrected chi connectivity index (χ2v) is 18.5. The number of fused-ring (bicyclic) bond motifs is 8. The molecule has 0 aliphatic carbocycles. The molecule has 3 heterocycles. The molecule has 0 atom stereocenters. The smallest absolute Gasteiger partial charge is 0.252 e. The van der Waals surface area contributed by atoms with Crippen molar-refractivity contribution >= 4 is 79.0 Å². The van der Waals surface area contributed by atoms with Crippen molar-refractivity contribution in [2.75, 3.05) is 9.80 Å². The van der Waals surface area contributed by atoms with Gasteiger partial charge in [-0.05, 0) is 128 Å². The van der Waals surface area contributed by atoms with Gasteiger partial charge < -0.3 is 14.4 Å². The molecule has 326 valence electrons. The van der Waals surface area contributed by atoms with Gasteiger partial charge in [0.05, 0.1) is 16.7 Å². The highest BCUT2D eigenvalue weighted by Gasteiger charge is 2.44. The topological polar surface area (TPSA) is 11.4 Å². The maximum atomic E-state index is 2.58. The zero-order valence-corrected chi connectivity index (χ0v) is 38.3. The number of benzene rings is 11. The van der Waals surface area contributed by atoms with Gasteiger partial charge >= 0.3 is 0 Å². The van der Waals surface area contributed by atoms with Crippen molar-refractivity contribution in [3.05, 3.63) is 267 Å². The van der Waals surface area contributed by atoms with Gasteiger partial charge in [-0.1, -0.05) is 200 Å². The summed E-state index contributed by atoms with van der Waals surface area (Å²) < 4.78 is 2.48. The summed E-state index contributed by atoms with van der Waals surface area (Å²) in [6, 6.07) is 98.2. The Balaban J connectivity index is 1.08. The van der Waals surface area contributed by atoms with Gasteiger partial charge in [-0.25, -0.2) is 0 Å². The standard InChI is InChI=1S/C66H44BN3/c1-5-19-45(20-6-1)49-27-15-30-53(41-49)68-59-34-14-13-33-56(59)64-61(68)40-38-57-66(64)70(55-32-17-29-51(43-55)47-23-9-3-10-24-47)63-36-18-35-62-65(63)67(57)58-44-52(48-25-11-4-12-26-48)37-39-60(58)69(62)54-31-16-28-50(42-54)46-21-7-2-8-22-46/h1-44H. The zero-order chi connectivity index (χ0) is 46.1. The van der Waals surface area contributed by atoms with Crippen LogP contribution in [0.4, 0.5) is 34.1 Å². The molecule has 11 aromatic carbocycles. The molecule has 0 amide bonds. The van der Waals surface area contributed by atoms with E-state index in [9.17, 15) is 0 Å². The fourth-order valence-electron chi connectivity index (χ4n) is 11.5. The summed E-state index contributed by atoms with van der Waals surface area (Å²) >= 11 is 0. The van der Waals surface area contributed by atoms with Crippen LogP contribution in [0.25, 0.3) is 72.0 Å². The molecule has 12 aromatic rings. The van der Waals surface area contributed by atoms with Crippen molar-refractivity contribution in [1.82, 2.24) is 4.57 Å². The predicted molar refractivity (Wildman–Crippen MR) is 297 cm³/mol. The van der Waals surface area contributed by atoms with E-state index in [1.54, 1.807) is 0 Å². The largest absolute Gasteiger partial charge is 0.311 e. The molecule has 2 aliphatic heterocycles. The summed E-state index contributed by atoms with van der Waals surface area (Å²) in [6.07, 6.45) is 0. The maximum Gasteiger partial charge on any atom is 0.252 e. The van der Waals surface area contributed by atoms with Gasteiger partial charge in [-0.2, -0.15) is 0 Å². The normalized spacial score (nSPS) is 12.5. The first-order valence-corrected chi connectivity index (χ1v) is 24.2. The molecule has 0 radical (unpaired) electrons. The van der Waals surface area contributed by atoms with E-state index in [1.165, 1.54) is 105 Å². The first-order chi connectivity index (χ1) is 34.7. The summed E-state index contributed by atoms with van der Waals surface area (Å²) in [7, 11) is 0. The lowest BCUT2D eigenvalue weighted by molar-refractivity contribution is 1.18. The highest BCUT2D eigenvalue weighted by atomic mass is 15.2. The third kappa shape index (κ3) is 6.38. The van der Waals surface area contributed by atoms with E-state index < -0.39 is 0 Å². The number of hydrogen-bond acceptors (Lipinski definition) is 2. The Bertz CT molecular complexity index is 3960. The molecule has 0 saturated carbocycles. The van der Waals surface area contributed by atoms with E-state index in [1.807, 2.05) is 0 Å². The number of rotatable bonds is 7. The average Bonchev–Trinajstić information content (AvgIpc) is 3.79. The Morgan fingerprint density at radius 1 is 0.271 bits per heavy atom. The number of nitrogens with zero attached hydrogens (tertiary/aromatic N) is 3. The Morgan fingerprint density at radius 3 is 1.31 bits per heavy atom. The van der Waals surface area contributed by atoms with Crippen molar-refractivity contribution in [3.8, 4) is 50.2 Å². The predicted octanol–water partition coefficient (Wildman–Crippen LogP) is 15.5. The van der Waals surface area contributed by atoms with Crippen LogP contribution in [0, 0.1) is 0 Å². The minimum Gasteiger partial charge on any atom is -0.311 e. The van der Waals surface area contributed by atoms with Crippen LogP contribution < -0.4 is 26.2 Å². The van der Waals surface area contributed by atoms with Crippen molar-refractivity contribution < 1.29 is 0 Å².